The summed E-state index contributed by atoms with van der Waals surface area (Å²) in [5.74, 6) is -2.91. The highest BCUT2D eigenvalue weighted by atomic mass is 19.4. The Labute approximate surface area is 220 Å². The molecule has 1 amide bonds. The number of carbonyl (C=O) groups is 1. The highest BCUT2D eigenvalue weighted by molar-refractivity contribution is 6.08. The normalized spacial score (nSPS) is 13.9. The number of ether oxygens (including phenoxy) is 3. The van der Waals surface area contributed by atoms with Crippen LogP contribution >= 0.6 is 0 Å². The van der Waals surface area contributed by atoms with Crippen molar-refractivity contribution < 1.29 is 41.0 Å². The number of hydrogen-bond acceptors (Lipinski definition) is 6. The van der Waals surface area contributed by atoms with Crippen LogP contribution in [0.3, 0.4) is 0 Å². The zero-order valence-electron chi connectivity index (χ0n) is 20.5. The number of hydrogen-bond donors (Lipinski definition) is 1. The molecule has 1 fully saturated rings. The van der Waals surface area contributed by atoms with Gasteiger partial charge in [-0.2, -0.15) is 5.26 Å². The van der Waals surface area contributed by atoms with Gasteiger partial charge in [0.1, 0.15) is 23.4 Å². The SMILES string of the molecule is COc1ccc(OC(F)(F)F)cc1C(=O)Nc1cc(C#N)ccc1N1CCC(Oc2ccc(F)cc2F)CC1. The van der Waals surface area contributed by atoms with Crippen molar-refractivity contribution in [2.75, 3.05) is 30.4 Å². The molecule has 0 saturated carbocycles. The smallest absolute Gasteiger partial charge is 0.496 e. The lowest BCUT2D eigenvalue weighted by atomic mass is 10.0. The zero-order chi connectivity index (χ0) is 28.2. The Bertz CT molecular complexity index is 1400. The first-order valence-corrected chi connectivity index (χ1v) is 11.7. The third-order valence-electron chi connectivity index (χ3n) is 5.99. The number of benzene rings is 3. The second-order valence-electron chi connectivity index (χ2n) is 8.59. The molecule has 0 atom stereocenters. The van der Waals surface area contributed by atoms with Crippen LogP contribution in [0.25, 0.3) is 0 Å². The molecule has 204 valence electrons. The third kappa shape index (κ3) is 6.87. The summed E-state index contributed by atoms with van der Waals surface area (Å²) >= 11 is 0. The molecule has 39 heavy (non-hydrogen) atoms. The second kappa shape index (κ2) is 11.5. The molecule has 0 bridgehead atoms. The predicted molar refractivity (Wildman–Crippen MR) is 131 cm³/mol. The number of alkyl halides is 3. The molecule has 0 radical (unpaired) electrons. The second-order valence-corrected chi connectivity index (χ2v) is 8.59. The molecule has 0 aliphatic carbocycles. The van der Waals surface area contributed by atoms with Crippen molar-refractivity contribution in [3.63, 3.8) is 0 Å². The molecule has 7 nitrogen and oxygen atoms in total. The number of rotatable bonds is 7. The number of nitriles is 1. The van der Waals surface area contributed by atoms with Crippen molar-refractivity contribution >= 4 is 17.3 Å². The number of methoxy groups -OCH3 is 1. The van der Waals surface area contributed by atoms with E-state index in [4.69, 9.17) is 9.47 Å². The van der Waals surface area contributed by atoms with E-state index in [2.05, 4.69) is 10.1 Å². The molecule has 12 heteroatoms. The van der Waals surface area contributed by atoms with E-state index < -0.39 is 29.7 Å². The van der Waals surface area contributed by atoms with Gasteiger partial charge in [0.15, 0.2) is 11.6 Å². The lowest BCUT2D eigenvalue weighted by Crippen LogP contribution is -2.38. The number of anilines is 2. The van der Waals surface area contributed by atoms with Crippen LogP contribution in [-0.4, -0.2) is 38.6 Å². The average molecular weight is 547 g/mol. The van der Waals surface area contributed by atoms with E-state index in [1.165, 1.54) is 25.3 Å². The Kier molecular flexibility index (Phi) is 8.09. The molecule has 1 N–H and O–H groups in total. The van der Waals surface area contributed by atoms with E-state index in [0.717, 1.165) is 24.3 Å². The number of nitrogens with zero attached hydrogens (tertiary/aromatic N) is 2. The molecule has 4 rings (SSSR count). The molecule has 0 unspecified atom stereocenters. The van der Waals surface area contributed by atoms with Crippen LogP contribution in [0.2, 0.25) is 0 Å². The lowest BCUT2D eigenvalue weighted by molar-refractivity contribution is -0.274. The Morgan fingerprint density at radius 2 is 1.74 bits per heavy atom. The van der Waals surface area contributed by atoms with E-state index in [1.807, 2.05) is 11.0 Å². The van der Waals surface area contributed by atoms with E-state index in [-0.39, 0.29) is 34.4 Å². The first-order valence-electron chi connectivity index (χ1n) is 11.7. The van der Waals surface area contributed by atoms with Gasteiger partial charge in [-0.3, -0.25) is 4.79 Å². The Balaban J connectivity index is 1.52. The summed E-state index contributed by atoms with van der Waals surface area (Å²) in [5, 5.41) is 12.0. The molecular formula is C27H22F5N3O4. The topological polar surface area (TPSA) is 83.8 Å². The van der Waals surface area contributed by atoms with Crippen molar-refractivity contribution in [2.45, 2.75) is 25.3 Å². The predicted octanol–water partition coefficient (Wildman–Crippen LogP) is 6.04. The fourth-order valence-electron chi connectivity index (χ4n) is 4.20. The molecule has 1 saturated heterocycles. The Morgan fingerprint density at radius 1 is 1.03 bits per heavy atom. The van der Waals surface area contributed by atoms with Gasteiger partial charge < -0.3 is 24.4 Å². The molecule has 1 aliphatic rings. The summed E-state index contributed by atoms with van der Waals surface area (Å²) in [6, 6.07) is 12.9. The minimum absolute atomic E-state index is 0.0194. The summed E-state index contributed by atoms with van der Waals surface area (Å²) in [6.07, 6.45) is -4.32. The maximum absolute atomic E-state index is 14.0. The van der Waals surface area contributed by atoms with Gasteiger partial charge in [-0.15, -0.1) is 13.2 Å². The molecule has 0 aromatic heterocycles. The quantitative estimate of drug-likeness (QED) is 0.363. The summed E-state index contributed by atoms with van der Waals surface area (Å²) in [5.41, 5.74) is 0.865. The molecule has 1 aliphatic heterocycles. The van der Waals surface area contributed by atoms with Crippen LogP contribution in [0.4, 0.5) is 33.3 Å². The van der Waals surface area contributed by atoms with Crippen molar-refractivity contribution in [1.29, 1.82) is 5.26 Å². The Morgan fingerprint density at radius 3 is 2.38 bits per heavy atom. The monoisotopic (exact) mass is 547 g/mol. The number of amides is 1. The van der Waals surface area contributed by atoms with Crippen LogP contribution < -0.4 is 24.4 Å². The molecule has 0 spiro atoms. The fraction of sp³-hybridized carbons (Fsp3) is 0.259. The van der Waals surface area contributed by atoms with Gasteiger partial charge in [0.25, 0.3) is 5.91 Å². The van der Waals surface area contributed by atoms with Crippen molar-refractivity contribution in [3.05, 3.63) is 77.4 Å². The van der Waals surface area contributed by atoms with E-state index >= 15 is 0 Å². The summed E-state index contributed by atoms with van der Waals surface area (Å²) < 4.78 is 80.0. The molecule has 3 aromatic rings. The molecular weight excluding hydrogens is 525 g/mol. The third-order valence-corrected chi connectivity index (χ3v) is 5.99. The average Bonchev–Trinajstić information content (AvgIpc) is 2.90. The minimum atomic E-state index is -4.95. The fourth-order valence-corrected chi connectivity index (χ4v) is 4.20. The summed E-state index contributed by atoms with van der Waals surface area (Å²) in [6.45, 7) is 0.890. The van der Waals surface area contributed by atoms with Crippen LogP contribution in [0.15, 0.2) is 54.6 Å². The van der Waals surface area contributed by atoms with Crippen molar-refractivity contribution in [1.82, 2.24) is 0 Å². The Hall–Kier alpha value is -4.53. The molecule has 1 heterocycles. The first-order chi connectivity index (χ1) is 18.6. The van der Waals surface area contributed by atoms with E-state index in [1.54, 1.807) is 12.1 Å². The van der Waals surface area contributed by atoms with Crippen molar-refractivity contribution in [2.24, 2.45) is 0 Å². The standard InChI is InChI=1S/C27H22F5N3O4/c1-37-24-7-4-19(39-27(30,31)32)14-20(24)26(36)34-22-12-16(15-33)2-5-23(22)35-10-8-18(9-11-35)38-25-6-3-17(28)13-21(25)29/h2-7,12-14,18H,8-11H2,1H3,(H,34,36). The maximum Gasteiger partial charge on any atom is 0.573 e. The van der Waals surface area contributed by atoms with Crippen LogP contribution in [0, 0.1) is 23.0 Å². The number of nitrogens with one attached hydrogen (secondary N) is 1. The van der Waals surface area contributed by atoms with E-state index in [0.29, 0.717) is 31.6 Å². The molecule has 3 aromatic carbocycles. The summed E-state index contributed by atoms with van der Waals surface area (Å²) in [7, 11) is 1.27. The van der Waals surface area contributed by atoms with E-state index in [9.17, 15) is 32.0 Å². The van der Waals surface area contributed by atoms with Crippen molar-refractivity contribution in [3.8, 4) is 23.3 Å². The number of piperidine rings is 1. The minimum Gasteiger partial charge on any atom is -0.496 e. The van der Waals surface area contributed by atoms with Crippen LogP contribution in [-0.2, 0) is 0 Å². The number of carbonyl (C=O) groups excluding carboxylic acids is 1. The zero-order valence-corrected chi connectivity index (χ0v) is 20.5. The highest BCUT2D eigenvalue weighted by Gasteiger charge is 2.32. The largest absolute Gasteiger partial charge is 0.573 e. The number of halogens is 5. The maximum atomic E-state index is 14.0. The van der Waals surface area contributed by atoms with Gasteiger partial charge in [-0.25, -0.2) is 8.78 Å². The van der Waals surface area contributed by atoms with Gasteiger partial charge in [-0.05, 0) is 48.5 Å². The highest BCUT2D eigenvalue weighted by Crippen LogP contribution is 2.33. The van der Waals surface area contributed by atoms with Gasteiger partial charge >= 0.3 is 6.36 Å². The first kappa shape index (κ1) is 27.5. The van der Waals surface area contributed by atoms with Gasteiger partial charge in [0.2, 0.25) is 0 Å². The summed E-state index contributed by atoms with van der Waals surface area (Å²) in [4.78, 5) is 15.1. The van der Waals surface area contributed by atoms with Crippen LogP contribution in [0.1, 0.15) is 28.8 Å². The lowest BCUT2D eigenvalue weighted by Gasteiger charge is -2.35. The van der Waals surface area contributed by atoms with Gasteiger partial charge in [-0.1, -0.05) is 0 Å². The van der Waals surface area contributed by atoms with Gasteiger partial charge in [0, 0.05) is 32.0 Å². The van der Waals surface area contributed by atoms with Crippen LogP contribution in [0.5, 0.6) is 17.2 Å². The van der Waals surface area contributed by atoms with Gasteiger partial charge in [0.05, 0.1) is 35.7 Å².